The van der Waals surface area contributed by atoms with E-state index in [4.69, 9.17) is 27.1 Å². The second-order valence-corrected chi connectivity index (χ2v) is 15.8. The summed E-state index contributed by atoms with van der Waals surface area (Å²) in [7, 11) is -12.2. The molecule has 0 atom stereocenters. The molecule has 0 rings (SSSR count). The van der Waals surface area contributed by atoms with Crippen LogP contribution in [0.2, 0.25) is 0 Å². The van der Waals surface area contributed by atoms with Gasteiger partial charge in [-0.15, -0.1) is 0 Å². The summed E-state index contributed by atoms with van der Waals surface area (Å²) in [6.45, 7) is 6.31. The fraction of sp³-hybridized carbons (Fsp3) is 0.920. The third-order valence-corrected chi connectivity index (χ3v) is 11.9. The van der Waals surface area contributed by atoms with Crippen LogP contribution in [0.25, 0.3) is 0 Å². The first-order chi connectivity index (χ1) is 22.2. The summed E-state index contributed by atoms with van der Waals surface area (Å²) in [5.41, 5.74) is 0. The minimum absolute atomic E-state index is 0.0544. The molecular weight excluding hydrogens is 725 g/mol. The molecule has 0 aliphatic heterocycles. The summed E-state index contributed by atoms with van der Waals surface area (Å²) in [6.07, 6.45) is -13.6. The molecule has 2 amide bonds. The van der Waals surface area contributed by atoms with Gasteiger partial charge in [0.05, 0.1) is 39.6 Å². The zero-order chi connectivity index (χ0) is 37.2. The molecule has 0 unspecified atom stereocenters. The molecule has 0 aromatic heterocycles. The molecule has 14 nitrogen and oxygen atoms in total. The Morgan fingerprint density at radius 1 is 0.479 bits per heavy atom. The fourth-order valence-electron chi connectivity index (χ4n) is 4.26. The summed E-state index contributed by atoms with van der Waals surface area (Å²) < 4.78 is 151. The van der Waals surface area contributed by atoms with Gasteiger partial charge in [0, 0.05) is 26.2 Å². The highest BCUT2D eigenvalue weighted by Gasteiger charge is 2.46. The predicted octanol–water partition coefficient (Wildman–Crippen LogP) is 6.52. The van der Waals surface area contributed by atoms with Crippen LogP contribution in [-0.2, 0) is 50.4 Å². The normalized spacial score (nSPS) is 13.3. The van der Waals surface area contributed by atoms with E-state index in [0.29, 0.717) is 0 Å². The largest absolute Gasteiger partial charge is 0.471 e. The molecule has 0 aromatic carbocycles. The molecule has 0 aliphatic rings. The van der Waals surface area contributed by atoms with Crippen molar-refractivity contribution in [2.75, 3.05) is 84.7 Å². The highest BCUT2D eigenvalue weighted by atomic mass is 31.2. The lowest BCUT2D eigenvalue weighted by Gasteiger charge is -2.31. The van der Waals surface area contributed by atoms with Crippen LogP contribution in [0.4, 0.5) is 26.3 Å². The van der Waals surface area contributed by atoms with E-state index >= 15 is 0 Å². The van der Waals surface area contributed by atoms with Crippen LogP contribution in [0.5, 0.6) is 0 Å². The van der Waals surface area contributed by atoms with Gasteiger partial charge in [-0.3, -0.25) is 28.2 Å². The van der Waals surface area contributed by atoms with Crippen molar-refractivity contribution in [1.82, 2.24) is 14.7 Å². The smallest absolute Gasteiger partial charge is 0.323 e. The molecule has 0 fully saturated rings. The van der Waals surface area contributed by atoms with Crippen LogP contribution in [0.1, 0.15) is 54.4 Å². The van der Waals surface area contributed by atoms with Crippen molar-refractivity contribution in [3.63, 3.8) is 0 Å². The first-order valence-electron chi connectivity index (χ1n) is 15.3. The van der Waals surface area contributed by atoms with Crippen LogP contribution in [0.3, 0.4) is 0 Å². The van der Waals surface area contributed by atoms with Crippen molar-refractivity contribution in [2.24, 2.45) is 0 Å². The average molecular weight is 774 g/mol. The number of alkyl halides is 6. The van der Waals surface area contributed by atoms with Crippen LogP contribution in [-0.4, -0.2) is 124 Å². The Bertz CT molecular complexity index is 1020. The number of carbonyl (C=O) groups is 2. The van der Waals surface area contributed by atoms with Crippen LogP contribution in [0.15, 0.2) is 0 Å². The molecule has 0 bridgehead atoms. The standard InChI is InChI=1S/C25H48F6N3O11P3/c1-7-40-46(37,41-8-2)19-32(15-13-17-33(22(35)24(26,27)28)20-47(38,42-9-3)43-10-4)16-14-18-34(23(36)25(29,30)31)21-48(39,44-11-5)45-12-6/h7-21H2,1-6H3. The number of halogens is 6. The number of hydrogen-bond acceptors (Lipinski definition) is 12. The average Bonchev–Trinajstić information content (AvgIpc) is 2.95. The van der Waals surface area contributed by atoms with Crippen LogP contribution < -0.4 is 0 Å². The van der Waals surface area contributed by atoms with E-state index in [9.17, 15) is 49.6 Å². The van der Waals surface area contributed by atoms with Crippen LogP contribution in [0, 0.1) is 0 Å². The molecule has 0 N–H and O–H groups in total. The highest BCUT2D eigenvalue weighted by Crippen LogP contribution is 2.51. The number of carbonyl (C=O) groups excluding carboxylic acids is 2. The summed E-state index contributed by atoms with van der Waals surface area (Å²) >= 11 is 0. The fourth-order valence-corrected chi connectivity index (χ4v) is 9.48. The number of nitrogens with zero attached hydrogens (tertiary/aromatic N) is 3. The zero-order valence-electron chi connectivity index (χ0n) is 28.0. The van der Waals surface area contributed by atoms with Gasteiger partial charge in [-0.1, -0.05) is 0 Å². The van der Waals surface area contributed by atoms with Crippen molar-refractivity contribution in [3.8, 4) is 0 Å². The van der Waals surface area contributed by atoms with E-state index in [0.717, 1.165) is 0 Å². The Morgan fingerprint density at radius 3 is 0.958 bits per heavy atom. The summed E-state index contributed by atoms with van der Waals surface area (Å²) in [4.78, 5) is 26.3. The van der Waals surface area contributed by atoms with Crippen molar-refractivity contribution in [2.45, 2.75) is 66.7 Å². The first-order valence-corrected chi connectivity index (χ1v) is 20.5. The second kappa shape index (κ2) is 22.0. The van der Waals surface area contributed by atoms with E-state index in [2.05, 4.69) is 0 Å². The Kier molecular flexibility index (Phi) is 21.5. The van der Waals surface area contributed by atoms with E-state index in [1.165, 1.54) is 46.4 Å². The van der Waals surface area contributed by atoms with E-state index in [1.807, 2.05) is 0 Å². The van der Waals surface area contributed by atoms with E-state index < -0.39 is 78.9 Å². The first kappa shape index (κ1) is 46.9. The molecule has 0 radical (unpaired) electrons. The molecule has 0 saturated carbocycles. The van der Waals surface area contributed by atoms with E-state index in [-0.39, 0.29) is 75.4 Å². The van der Waals surface area contributed by atoms with Crippen molar-refractivity contribution in [1.29, 1.82) is 0 Å². The Balaban J connectivity index is 6.19. The molecule has 0 saturated heterocycles. The van der Waals surface area contributed by atoms with E-state index in [1.54, 1.807) is 0 Å². The van der Waals surface area contributed by atoms with Gasteiger partial charge in [-0.05, 0) is 54.4 Å². The number of rotatable bonds is 26. The van der Waals surface area contributed by atoms with Gasteiger partial charge in [0.2, 0.25) is 0 Å². The minimum Gasteiger partial charge on any atom is -0.323 e. The summed E-state index contributed by atoms with van der Waals surface area (Å²) in [6, 6.07) is 0. The van der Waals surface area contributed by atoms with Crippen LogP contribution >= 0.6 is 22.8 Å². The Labute approximate surface area is 277 Å². The molecule has 0 aromatic rings. The number of amides is 2. The molecule has 0 spiro atoms. The number of hydrogen-bond donors (Lipinski definition) is 0. The predicted molar refractivity (Wildman–Crippen MR) is 164 cm³/mol. The van der Waals surface area contributed by atoms with Gasteiger partial charge in [0.25, 0.3) is 0 Å². The summed E-state index contributed by atoms with van der Waals surface area (Å²) in [5, 5.41) is 0. The Morgan fingerprint density at radius 2 is 0.729 bits per heavy atom. The maximum Gasteiger partial charge on any atom is 0.471 e. The van der Waals surface area contributed by atoms with Crippen molar-refractivity contribution in [3.05, 3.63) is 0 Å². The SMILES string of the molecule is CCOP(=O)(CN(CCCN(CP(=O)(OCC)OCC)C(=O)C(F)(F)F)CCCN(CP(=O)(OCC)OCC)C(=O)C(F)(F)F)OCC. The minimum atomic E-state index is -5.33. The maximum atomic E-state index is 13.4. The third-order valence-electron chi connectivity index (χ3n) is 5.88. The van der Waals surface area contributed by atoms with Crippen molar-refractivity contribution >= 4 is 34.6 Å². The van der Waals surface area contributed by atoms with Gasteiger partial charge in [-0.25, -0.2) is 0 Å². The third kappa shape index (κ3) is 17.7. The maximum absolute atomic E-state index is 13.4. The molecule has 0 aliphatic carbocycles. The molecule has 23 heteroatoms. The zero-order valence-corrected chi connectivity index (χ0v) is 30.7. The highest BCUT2D eigenvalue weighted by molar-refractivity contribution is 7.54. The molecule has 286 valence electrons. The molecule has 48 heavy (non-hydrogen) atoms. The lowest BCUT2D eigenvalue weighted by Crippen LogP contribution is -2.44. The topological polar surface area (TPSA) is 150 Å². The van der Waals surface area contributed by atoms with Gasteiger partial charge in [0.1, 0.15) is 18.9 Å². The Hall–Kier alpha value is -1.07. The van der Waals surface area contributed by atoms with Gasteiger partial charge in [-0.2, -0.15) is 26.3 Å². The van der Waals surface area contributed by atoms with Gasteiger partial charge < -0.3 is 36.9 Å². The quantitative estimate of drug-likeness (QED) is 0.0696. The summed E-state index contributed by atoms with van der Waals surface area (Å²) in [5.74, 6) is -4.62. The van der Waals surface area contributed by atoms with Gasteiger partial charge in [0.15, 0.2) is 0 Å². The second-order valence-electron chi connectivity index (χ2n) is 9.72. The lowest BCUT2D eigenvalue weighted by atomic mass is 10.3. The van der Waals surface area contributed by atoms with Crippen molar-refractivity contribution < 1.29 is 76.8 Å². The molecule has 0 heterocycles. The van der Waals surface area contributed by atoms with Gasteiger partial charge >= 0.3 is 47.0 Å². The molecular formula is C25H48F6N3O11P3. The monoisotopic (exact) mass is 773 g/mol. The lowest BCUT2D eigenvalue weighted by molar-refractivity contribution is -0.184.